The normalized spacial score (nSPS) is 10.6. The summed E-state index contributed by atoms with van der Waals surface area (Å²) in [5.74, 6) is -0.475. The lowest BCUT2D eigenvalue weighted by molar-refractivity contribution is -0.136. The molecular formula is C18H17N5O3. The fraction of sp³-hybridized carbons (Fsp3) is 0.111. The summed E-state index contributed by atoms with van der Waals surface area (Å²) in [6, 6.07) is 13.8. The van der Waals surface area contributed by atoms with Crippen molar-refractivity contribution in [2.75, 3.05) is 0 Å². The first-order valence-corrected chi connectivity index (χ1v) is 7.89. The molecule has 8 heteroatoms. The second kappa shape index (κ2) is 7.06. The molecule has 1 aromatic heterocycles. The van der Waals surface area contributed by atoms with Gasteiger partial charge in [-0.2, -0.15) is 4.68 Å². The van der Waals surface area contributed by atoms with Gasteiger partial charge in [-0.1, -0.05) is 36.4 Å². The van der Waals surface area contributed by atoms with E-state index in [-0.39, 0.29) is 17.9 Å². The number of carbonyl (C=O) groups is 1. The molecule has 0 aliphatic carbocycles. The maximum atomic E-state index is 12.2. The highest BCUT2D eigenvalue weighted by Gasteiger charge is 2.10. The number of hydrogen-bond donors (Lipinski definition) is 4. The largest absolute Gasteiger partial charge is 0.481 e. The molecule has 8 nitrogen and oxygen atoms in total. The third-order valence-electron chi connectivity index (χ3n) is 3.90. The van der Waals surface area contributed by atoms with Crippen molar-refractivity contribution < 1.29 is 9.90 Å². The van der Waals surface area contributed by atoms with E-state index in [0.717, 1.165) is 5.56 Å². The Labute approximate surface area is 148 Å². The lowest BCUT2D eigenvalue weighted by Crippen LogP contribution is -2.15. The number of aromatic nitrogens is 3. The summed E-state index contributed by atoms with van der Waals surface area (Å²) in [6.07, 6.45) is 0.487. The SMILES string of the molecule is N=C(N)c1ccc(-c2nn(-c3ccc(CCC(=O)O)cc3)c(=O)[nH]2)cc1. The molecule has 3 aromatic rings. The second-order valence-electron chi connectivity index (χ2n) is 5.74. The molecule has 0 aliphatic heterocycles. The molecule has 5 N–H and O–H groups in total. The molecule has 2 aromatic carbocycles. The highest BCUT2D eigenvalue weighted by molar-refractivity contribution is 5.95. The van der Waals surface area contributed by atoms with Crippen molar-refractivity contribution in [3.05, 3.63) is 70.1 Å². The van der Waals surface area contributed by atoms with Crippen LogP contribution in [0.15, 0.2) is 53.3 Å². The molecule has 0 atom stereocenters. The molecule has 0 unspecified atom stereocenters. The molecule has 132 valence electrons. The van der Waals surface area contributed by atoms with E-state index in [9.17, 15) is 9.59 Å². The highest BCUT2D eigenvalue weighted by Crippen LogP contribution is 2.16. The number of nitrogens with zero attached hydrogens (tertiary/aromatic N) is 2. The van der Waals surface area contributed by atoms with Gasteiger partial charge in [0.2, 0.25) is 0 Å². The van der Waals surface area contributed by atoms with Gasteiger partial charge in [-0.3, -0.25) is 15.2 Å². The predicted molar refractivity (Wildman–Crippen MR) is 96.6 cm³/mol. The Balaban J connectivity index is 1.85. The zero-order valence-corrected chi connectivity index (χ0v) is 13.8. The maximum Gasteiger partial charge on any atom is 0.348 e. The van der Waals surface area contributed by atoms with Crippen LogP contribution in [0.1, 0.15) is 17.5 Å². The number of nitrogens with two attached hydrogens (primary N) is 1. The number of nitrogens with one attached hydrogen (secondary N) is 2. The van der Waals surface area contributed by atoms with E-state index in [1.54, 1.807) is 48.5 Å². The van der Waals surface area contributed by atoms with Crippen LogP contribution in [-0.4, -0.2) is 31.7 Å². The third kappa shape index (κ3) is 3.69. The number of H-pyrrole nitrogens is 1. The molecule has 0 spiro atoms. The molecule has 0 amide bonds. The zero-order chi connectivity index (χ0) is 18.7. The van der Waals surface area contributed by atoms with Crippen molar-refractivity contribution in [1.82, 2.24) is 14.8 Å². The van der Waals surface area contributed by atoms with Crippen molar-refractivity contribution in [3.63, 3.8) is 0 Å². The molecule has 0 saturated heterocycles. The number of carboxylic acids is 1. The standard InChI is InChI=1S/C18H17N5O3/c19-16(20)12-4-6-13(7-5-12)17-21-18(26)23(22-17)14-8-1-11(2-9-14)3-10-15(24)25/h1-2,4-9H,3,10H2,(H3,19,20)(H,24,25)(H,21,22,26). The summed E-state index contributed by atoms with van der Waals surface area (Å²) in [6.45, 7) is 0. The highest BCUT2D eigenvalue weighted by atomic mass is 16.4. The smallest absolute Gasteiger partial charge is 0.348 e. The van der Waals surface area contributed by atoms with Crippen LogP contribution >= 0.6 is 0 Å². The van der Waals surface area contributed by atoms with E-state index < -0.39 is 5.97 Å². The minimum Gasteiger partial charge on any atom is -0.481 e. The number of aryl methyl sites for hydroxylation is 1. The van der Waals surface area contributed by atoms with E-state index in [1.807, 2.05) is 0 Å². The van der Waals surface area contributed by atoms with Gasteiger partial charge in [0.25, 0.3) is 0 Å². The quantitative estimate of drug-likeness (QED) is 0.394. The zero-order valence-electron chi connectivity index (χ0n) is 13.8. The Bertz CT molecular complexity index is 1000. The number of aromatic amines is 1. The van der Waals surface area contributed by atoms with E-state index >= 15 is 0 Å². The number of aliphatic carboxylic acids is 1. The molecule has 0 aliphatic rings. The van der Waals surface area contributed by atoms with Crippen molar-refractivity contribution in [3.8, 4) is 17.1 Å². The van der Waals surface area contributed by atoms with E-state index in [0.29, 0.717) is 29.1 Å². The van der Waals surface area contributed by atoms with Gasteiger partial charge in [-0.15, -0.1) is 5.10 Å². The Morgan fingerprint density at radius 2 is 1.81 bits per heavy atom. The molecular weight excluding hydrogens is 334 g/mol. The first kappa shape index (κ1) is 17.2. The fourth-order valence-electron chi connectivity index (χ4n) is 2.49. The molecule has 0 radical (unpaired) electrons. The number of amidine groups is 1. The van der Waals surface area contributed by atoms with Crippen molar-refractivity contribution in [2.45, 2.75) is 12.8 Å². The van der Waals surface area contributed by atoms with E-state index in [1.165, 1.54) is 4.68 Å². The second-order valence-corrected chi connectivity index (χ2v) is 5.74. The third-order valence-corrected chi connectivity index (χ3v) is 3.90. The van der Waals surface area contributed by atoms with Crippen LogP contribution in [0.4, 0.5) is 0 Å². The lowest BCUT2D eigenvalue weighted by Gasteiger charge is -2.02. The van der Waals surface area contributed by atoms with Crippen LogP contribution in [0.2, 0.25) is 0 Å². The number of nitrogen functional groups attached to an aromatic ring is 1. The molecule has 0 saturated carbocycles. The first-order valence-electron chi connectivity index (χ1n) is 7.89. The van der Waals surface area contributed by atoms with Gasteiger partial charge in [0.15, 0.2) is 5.82 Å². The summed E-state index contributed by atoms with van der Waals surface area (Å²) in [4.78, 5) is 25.5. The van der Waals surface area contributed by atoms with Gasteiger partial charge in [0.05, 0.1) is 5.69 Å². The topological polar surface area (TPSA) is 138 Å². The molecule has 3 rings (SSSR count). The van der Waals surface area contributed by atoms with Crippen LogP contribution < -0.4 is 11.4 Å². The van der Waals surface area contributed by atoms with Crippen LogP contribution in [0.5, 0.6) is 0 Å². The Hall–Kier alpha value is -3.68. The Kier molecular flexibility index (Phi) is 4.66. The molecule has 26 heavy (non-hydrogen) atoms. The van der Waals surface area contributed by atoms with Gasteiger partial charge in [-0.05, 0) is 24.1 Å². The maximum absolute atomic E-state index is 12.2. The number of carboxylic acid groups (broad SMARTS) is 1. The van der Waals surface area contributed by atoms with E-state index in [4.69, 9.17) is 16.2 Å². The number of hydrogen-bond acceptors (Lipinski definition) is 4. The lowest BCUT2D eigenvalue weighted by atomic mass is 10.1. The van der Waals surface area contributed by atoms with Crippen molar-refractivity contribution in [2.24, 2.45) is 5.73 Å². The minimum absolute atomic E-state index is 0.0291. The summed E-state index contributed by atoms with van der Waals surface area (Å²) in [7, 11) is 0. The van der Waals surface area contributed by atoms with Crippen LogP contribution in [0.3, 0.4) is 0 Å². The summed E-state index contributed by atoms with van der Waals surface area (Å²) in [5, 5.41) is 20.4. The van der Waals surface area contributed by atoms with Crippen LogP contribution in [0.25, 0.3) is 17.1 Å². The van der Waals surface area contributed by atoms with E-state index in [2.05, 4.69) is 10.1 Å². The van der Waals surface area contributed by atoms with Crippen LogP contribution in [0, 0.1) is 5.41 Å². The Morgan fingerprint density at radius 1 is 1.15 bits per heavy atom. The number of rotatable bonds is 6. The predicted octanol–water partition coefficient (Wildman–Crippen LogP) is 1.53. The fourth-order valence-corrected chi connectivity index (χ4v) is 2.49. The number of benzene rings is 2. The molecule has 1 heterocycles. The monoisotopic (exact) mass is 351 g/mol. The van der Waals surface area contributed by atoms with Gasteiger partial charge < -0.3 is 10.8 Å². The molecule has 0 bridgehead atoms. The van der Waals surface area contributed by atoms with Gasteiger partial charge >= 0.3 is 11.7 Å². The van der Waals surface area contributed by atoms with Crippen molar-refractivity contribution >= 4 is 11.8 Å². The van der Waals surface area contributed by atoms with Gasteiger partial charge in [0, 0.05) is 17.5 Å². The van der Waals surface area contributed by atoms with Gasteiger partial charge in [0.1, 0.15) is 5.84 Å². The van der Waals surface area contributed by atoms with Gasteiger partial charge in [-0.25, -0.2) is 4.79 Å². The first-order chi connectivity index (χ1) is 12.4. The summed E-state index contributed by atoms with van der Waals surface area (Å²) >= 11 is 0. The average Bonchev–Trinajstić information content (AvgIpc) is 3.02. The molecule has 0 fully saturated rings. The summed E-state index contributed by atoms with van der Waals surface area (Å²) < 4.78 is 1.25. The van der Waals surface area contributed by atoms with Crippen molar-refractivity contribution in [1.29, 1.82) is 5.41 Å². The average molecular weight is 351 g/mol. The summed E-state index contributed by atoms with van der Waals surface area (Å²) in [5.41, 5.74) is 7.79. The van der Waals surface area contributed by atoms with Crippen LogP contribution in [-0.2, 0) is 11.2 Å². The Morgan fingerprint density at radius 3 is 2.38 bits per heavy atom. The minimum atomic E-state index is -0.849.